The van der Waals surface area contributed by atoms with Crippen LogP contribution < -0.4 is 5.32 Å². The summed E-state index contributed by atoms with van der Waals surface area (Å²) in [5.74, 6) is -0.00440. The van der Waals surface area contributed by atoms with Crippen molar-refractivity contribution in [1.82, 2.24) is 9.29 Å². The Morgan fingerprint density at radius 1 is 1.00 bits per heavy atom. The highest BCUT2D eigenvalue weighted by molar-refractivity contribution is 7.89. The van der Waals surface area contributed by atoms with E-state index in [1.54, 1.807) is 12.1 Å². The number of halogens is 2. The summed E-state index contributed by atoms with van der Waals surface area (Å²) in [5, 5.41) is 4.04. The van der Waals surface area contributed by atoms with Gasteiger partial charge in [-0.15, -0.1) is 0 Å². The Balaban J connectivity index is 1.80. The first-order chi connectivity index (χ1) is 15.0. The fourth-order valence-electron chi connectivity index (χ4n) is 3.18. The lowest BCUT2D eigenvalue weighted by molar-refractivity contribution is 0.102. The fourth-order valence-corrected chi connectivity index (χ4v) is 6.36. The van der Waals surface area contributed by atoms with Crippen LogP contribution in [0.5, 0.6) is 0 Å². The van der Waals surface area contributed by atoms with Gasteiger partial charge in [-0.3, -0.25) is 10.1 Å². The number of nitrogens with one attached hydrogen (secondary N) is 1. The van der Waals surface area contributed by atoms with Gasteiger partial charge in [-0.25, -0.2) is 13.4 Å². The van der Waals surface area contributed by atoms with Gasteiger partial charge in [0.2, 0.25) is 10.0 Å². The molecule has 1 aromatic heterocycles. The molecule has 1 amide bonds. The van der Waals surface area contributed by atoms with E-state index in [9.17, 15) is 13.2 Å². The average molecular weight is 515 g/mol. The lowest BCUT2D eigenvalue weighted by atomic mass is 10.2. The Morgan fingerprint density at radius 3 is 2.09 bits per heavy atom. The topological polar surface area (TPSA) is 79.4 Å². The van der Waals surface area contributed by atoms with Crippen LogP contribution in [0.4, 0.5) is 5.13 Å². The molecule has 2 aromatic carbocycles. The molecule has 1 heterocycles. The van der Waals surface area contributed by atoms with Gasteiger partial charge in [-0.1, -0.05) is 62.2 Å². The predicted octanol–water partition coefficient (Wildman–Crippen LogP) is 6.16. The van der Waals surface area contributed by atoms with Crippen LogP contribution >= 0.6 is 34.5 Å². The molecule has 0 saturated heterocycles. The van der Waals surface area contributed by atoms with Gasteiger partial charge in [0.25, 0.3) is 5.91 Å². The molecule has 0 aliphatic rings. The summed E-state index contributed by atoms with van der Waals surface area (Å²) in [5.41, 5.74) is 0.843. The van der Waals surface area contributed by atoms with Crippen molar-refractivity contribution in [3.63, 3.8) is 0 Å². The van der Waals surface area contributed by atoms with Gasteiger partial charge in [0.1, 0.15) is 5.52 Å². The molecular formula is C22H25Cl2N3O3S2. The van der Waals surface area contributed by atoms with Gasteiger partial charge in [0, 0.05) is 18.7 Å². The molecule has 0 spiro atoms. The SMILES string of the molecule is CC(C)CN(CC(C)C)S(=O)(=O)c1ccc(C(=O)Nc2nc3c(Cl)ccc(Cl)c3s2)cc1. The van der Waals surface area contributed by atoms with Crippen LogP contribution in [0, 0.1) is 11.8 Å². The quantitative estimate of drug-likeness (QED) is 0.391. The molecule has 0 unspecified atom stereocenters. The number of benzene rings is 2. The minimum atomic E-state index is -3.66. The number of amides is 1. The second-order valence-electron chi connectivity index (χ2n) is 8.31. The van der Waals surface area contributed by atoms with E-state index in [0.29, 0.717) is 44.0 Å². The standard InChI is InChI=1S/C22H25Cl2N3O3S2/c1-13(2)11-27(12-14(3)4)32(29,30)16-7-5-15(6-8-16)21(28)26-22-25-19-17(23)9-10-18(24)20(19)31-22/h5-10,13-14H,11-12H2,1-4H3,(H,25,26,28). The molecule has 0 aliphatic heterocycles. The van der Waals surface area contributed by atoms with E-state index in [1.165, 1.54) is 39.9 Å². The third-order valence-electron chi connectivity index (χ3n) is 4.56. The second kappa shape index (κ2) is 10.1. The number of carbonyl (C=O) groups excluding carboxylic acids is 1. The molecule has 32 heavy (non-hydrogen) atoms. The first kappa shape index (κ1) is 24.9. The van der Waals surface area contributed by atoms with Crippen molar-refractivity contribution >= 4 is 65.8 Å². The van der Waals surface area contributed by atoms with E-state index in [-0.39, 0.29) is 16.7 Å². The van der Waals surface area contributed by atoms with Crippen molar-refractivity contribution in [1.29, 1.82) is 0 Å². The first-order valence-corrected chi connectivity index (χ1v) is 13.2. The molecule has 1 N–H and O–H groups in total. The van der Waals surface area contributed by atoms with E-state index in [4.69, 9.17) is 23.2 Å². The fraction of sp³-hybridized carbons (Fsp3) is 0.364. The number of thiazole rings is 1. The number of nitrogens with zero attached hydrogens (tertiary/aromatic N) is 2. The van der Waals surface area contributed by atoms with E-state index < -0.39 is 15.9 Å². The number of hydrogen-bond acceptors (Lipinski definition) is 5. The summed E-state index contributed by atoms with van der Waals surface area (Å²) in [6.07, 6.45) is 0. The maximum Gasteiger partial charge on any atom is 0.257 e. The molecule has 0 fully saturated rings. The van der Waals surface area contributed by atoms with Gasteiger partial charge in [0.15, 0.2) is 5.13 Å². The predicted molar refractivity (Wildman–Crippen MR) is 132 cm³/mol. The smallest absolute Gasteiger partial charge is 0.257 e. The molecule has 3 rings (SSSR count). The summed E-state index contributed by atoms with van der Waals surface area (Å²) < 4.78 is 28.5. The highest BCUT2D eigenvalue weighted by Crippen LogP contribution is 2.36. The Labute approximate surface area is 202 Å². The summed E-state index contributed by atoms with van der Waals surface area (Å²) in [6, 6.07) is 9.25. The molecule has 0 aliphatic carbocycles. The number of hydrogen-bond donors (Lipinski definition) is 1. The number of rotatable bonds is 8. The third kappa shape index (κ3) is 5.61. The number of anilines is 1. The second-order valence-corrected chi connectivity index (χ2v) is 12.1. The number of sulfonamides is 1. The number of fused-ring (bicyclic) bond motifs is 1. The van der Waals surface area contributed by atoms with Crippen molar-refractivity contribution < 1.29 is 13.2 Å². The largest absolute Gasteiger partial charge is 0.298 e. The minimum absolute atomic E-state index is 0.161. The van der Waals surface area contributed by atoms with Gasteiger partial charge in [-0.2, -0.15) is 4.31 Å². The zero-order valence-corrected chi connectivity index (χ0v) is 21.4. The summed E-state index contributed by atoms with van der Waals surface area (Å²) in [4.78, 5) is 17.2. The highest BCUT2D eigenvalue weighted by Gasteiger charge is 2.26. The third-order valence-corrected chi connectivity index (χ3v) is 8.14. The maximum absolute atomic E-state index is 13.1. The molecule has 172 valence electrons. The molecule has 10 heteroatoms. The molecule has 0 radical (unpaired) electrons. The molecule has 6 nitrogen and oxygen atoms in total. The monoisotopic (exact) mass is 513 g/mol. The summed E-state index contributed by atoms with van der Waals surface area (Å²) in [7, 11) is -3.66. The van der Waals surface area contributed by atoms with Crippen LogP contribution in [-0.4, -0.2) is 36.7 Å². The van der Waals surface area contributed by atoms with Gasteiger partial charge >= 0.3 is 0 Å². The molecule has 0 bridgehead atoms. The van der Waals surface area contributed by atoms with E-state index in [2.05, 4.69) is 10.3 Å². The normalized spacial score (nSPS) is 12.3. The molecule has 0 atom stereocenters. The number of carbonyl (C=O) groups is 1. The zero-order valence-electron chi connectivity index (χ0n) is 18.2. The lowest BCUT2D eigenvalue weighted by Gasteiger charge is -2.25. The van der Waals surface area contributed by atoms with Crippen LogP contribution in [0.1, 0.15) is 38.1 Å². The Bertz CT molecular complexity index is 1170. The van der Waals surface area contributed by atoms with Crippen LogP contribution in [0.25, 0.3) is 10.2 Å². The van der Waals surface area contributed by atoms with Crippen molar-refractivity contribution in [2.75, 3.05) is 18.4 Å². The van der Waals surface area contributed by atoms with Crippen LogP contribution in [0.2, 0.25) is 10.0 Å². The first-order valence-electron chi connectivity index (χ1n) is 10.1. The van der Waals surface area contributed by atoms with Crippen molar-refractivity contribution in [2.45, 2.75) is 32.6 Å². The van der Waals surface area contributed by atoms with Crippen LogP contribution in [0.3, 0.4) is 0 Å². The molecule has 3 aromatic rings. The molecule has 0 saturated carbocycles. The van der Waals surface area contributed by atoms with E-state index >= 15 is 0 Å². The Morgan fingerprint density at radius 2 is 1.56 bits per heavy atom. The highest BCUT2D eigenvalue weighted by atomic mass is 35.5. The average Bonchev–Trinajstić information content (AvgIpc) is 3.15. The van der Waals surface area contributed by atoms with Crippen molar-refractivity contribution in [3.05, 3.63) is 52.0 Å². The number of aromatic nitrogens is 1. The van der Waals surface area contributed by atoms with Gasteiger partial charge < -0.3 is 0 Å². The van der Waals surface area contributed by atoms with Crippen molar-refractivity contribution in [3.8, 4) is 0 Å². The minimum Gasteiger partial charge on any atom is -0.298 e. The van der Waals surface area contributed by atoms with Crippen molar-refractivity contribution in [2.24, 2.45) is 11.8 Å². The van der Waals surface area contributed by atoms with E-state index in [1.807, 2.05) is 27.7 Å². The lowest BCUT2D eigenvalue weighted by Crippen LogP contribution is -2.37. The molecular weight excluding hydrogens is 489 g/mol. The Hall–Kier alpha value is -1.71. The van der Waals surface area contributed by atoms with Crippen LogP contribution in [0.15, 0.2) is 41.3 Å². The zero-order chi connectivity index (χ0) is 23.6. The van der Waals surface area contributed by atoms with Crippen LogP contribution in [-0.2, 0) is 10.0 Å². The summed E-state index contributed by atoms with van der Waals surface area (Å²) in [6.45, 7) is 8.81. The van der Waals surface area contributed by atoms with Gasteiger partial charge in [0.05, 0.1) is 19.6 Å². The summed E-state index contributed by atoms with van der Waals surface area (Å²) >= 11 is 13.6. The van der Waals surface area contributed by atoms with Gasteiger partial charge in [-0.05, 0) is 48.2 Å². The maximum atomic E-state index is 13.1. The Kier molecular flexibility index (Phi) is 7.83. The van der Waals surface area contributed by atoms with E-state index in [0.717, 1.165) is 0 Å².